The fourth-order valence-electron chi connectivity index (χ4n) is 3.42. The smallest absolute Gasteiger partial charge is 0.203 e. The van der Waals surface area contributed by atoms with Gasteiger partial charge in [-0.25, -0.2) is 0 Å². The van der Waals surface area contributed by atoms with Gasteiger partial charge in [0.05, 0.1) is 21.3 Å². The number of halogens is 1. The number of piperidine rings is 1. The van der Waals surface area contributed by atoms with Crippen molar-refractivity contribution in [2.75, 3.05) is 34.4 Å². The van der Waals surface area contributed by atoms with Crippen molar-refractivity contribution in [3.63, 3.8) is 0 Å². The molecular formula is C17H29ClN2O3. The van der Waals surface area contributed by atoms with Crippen LogP contribution in [0.15, 0.2) is 12.1 Å². The Kier molecular flexibility index (Phi) is 7.95. The molecule has 5 nitrogen and oxygen atoms in total. The SMILES string of the molecule is COc1ccc(CN2CCCC(C)C2CN)c(OC)c1OC.Cl. The maximum atomic E-state index is 5.99. The molecule has 2 atom stereocenters. The van der Waals surface area contributed by atoms with E-state index >= 15 is 0 Å². The second-order valence-corrected chi connectivity index (χ2v) is 5.89. The Balaban J connectivity index is 0.00000264. The van der Waals surface area contributed by atoms with Crippen LogP contribution in [-0.2, 0) is 6.54 Å². The van der Waals surface area contributed by atoms with Gasteiger partial charge in [-0.1, -0.05) is 13.0 Å². The van der Waals surface area contributed by atoms with Gasteiger partial charge in [-0.3, -0.25) is 4.90 Å². The second-order valence-electron chi connectivity index (χ2n) is 5.89. The zero-order valence-corrected chi connectivity index (χ0v) is 15.3. The molecule has 23 heavy (non-hydrogen) atoms. The van der Waals surface area contributed by atoms with Crippen LogP contribution in [0.2, 0.25) is 0 Å². The monoisotopic (exact) mass is 344 g/mol. The topological polar surface area (TPSA) is 57.0 Å². The Hall–Kier alpha value is -1.17. The normalized spacial score (nSPS) is 21.4. The molecule has 1 aromatic carbocycles. The number of nitrogens with two attached hydrogens (primary N) is 1. The van der Waals surface area contributed by atoms with Crippen LogP contribution in [0.4, 0.5) is 0 Å². The van der Waals surface area contributed by atoms with Gasteiger partial charge >= 0.3 is 0 Å². The van der Waals surface area contributed by atoms with Gasteiger partial charge in [-0.2, -0.15) is 0 Å². The van der Waals surface area contributed by atoms with Crippen molar-refractivity contribution in [2.24, 2.45) is 11.7 Å². The first-order valence-electron chi connectivity index (χ1n) is 7.88. The molecule has 1 fully saturated rings. The average Bonchev–Trinajstić information content (AvgIpc) is 2.54. The van der Waals surface area contributed by atoms with Crippen LogP contribution in [0.3, 0.4) is 0 Å². The minimum Gasteiger partial charge on any atom is -0.493 e. The molecule has 0 bridgehead atoms. The number of benzene rings is 1. The quantitative estimate of drug-likeness (QED) is 0.859. The Morgan fingerprint density at radius 2 is 1.83 bits per heavy atom. The van der Waals surface area contributed by atoms with Gasteiger partial charge in [-0.15, -0.1) is 12.4 Å². The Morgan fingerprint density at radius 1 is 1.13 bits per heavy atom. The minimum absolute atomic E-state index is 0. The van der Waals surface area contributed by atoms with E-state index in [4.69, 9.17) is 19.9 Å². The lowest BCUT2D eigenvalue weighted by Crippen LogP contribution is -2.48. The molecule has 1 aliphatic heterocycles. The zero-order chi connectivity index (χ0) is 16.1. The maximum Gasteiger partial charge on any atom is 0.203 e. The van der Waals surface area contributed by atoms with Crippen LogP contribution in [0.25, 0.3) is 0 Å². The molecule has 1 saturated heterocycles. The van der Waals surface area contributed by atoms with E-state index < -0.39 is 0 Å². The van der Waals surface area contributed by atoms with E-state index in [9.17, 15) is 0 Å². The highest BCUT2D eigenvalue weighted by Crippen LogP contribution is 2.40. The summed E-state index contributed by atoms with van der Waals surface area (Å²) < 4.78 is 16.4. The van der Waals surface area contributed by atoms with Crippen molar-refractivity contribution in [3.05, 3.63) is 17.7 Å². The summed E-state index contributed by atoms with van der Waals surface area (Å²) in [7, 11) is 4.93. The molecule has 132 valence electrons. The lowest BCUT2D eigenvalue weighted by Gasteiger charge is -2.39. The van der Waals surface area contributed by atoms with Crippen LogP contribution >= 0.6 is 12.4 Å². The van der Waals surface area contributed by atoms with Crippen molar-refractivity contribution in [2.45, 2.75) is 32.4 Å². The van der Waals surface area contributed by atoms with E-state index in [0.29, 0.717) is 30.0 Å². The molecule has 1 aliphatic rings. The van der Waals surface area contributed by atoms with Gasteiger partial charge in [0.1, 0.15) is 0 Å². The van der Waals surface area contributed by atoms with Crippen molar-refractivity contribution in [3.8, 4) is 17.2 Å². The molecule has 0 saturated carbocycles. The summed E-state index contributed by atoms with van der Waals surface area (Å²) in [6, 6.07) is 4.40. The molecular weight excluding hydrogens is 316 g/mol. The molecule has 0 radical (unpaired) electrons. The summed E-state index contributed by atoms with van der Waals surface area (Å²) in [6.45, 7) is 4.87. The third-order valence-corrected chi connectivity index (χ3v) is 4.63. The third kappa shape index (κ3) is 4.22. The minimum atomic E-state index is 0. The molecule has 1 aromatic rings. The summed E-state index contributed by atoms with van der Waals surface area (Å²) in [5.41, 5.74) is 7.10. The fraction of sp³-hybridized carbons (Fsp3) is 0.647. The van der Waals surface area contributed by atoms with Gasteiger partial charge in [0.15, 0.2) is 11.5 Å². The lowest BCUT2D eigenvalue weighted by atomic mass is 9.90. The molecule has 0 spiro atoms. The van der Waals surface area contributed by atoms with Crippen LogP contribution in [-0.4, -0.2) is 45.4 Å². The van der Waals surface area contributed by atoms with Crippen LogP contribution in [0.1, 0.15) is 25.3 Å². The molecule has 0 aliphatic carbocycles. The van der Waals surface area contributed by atoms with E-state index in [0.717, 1.165) is 24.4 Å². The number of rotatable bonds is 6. The predicted octanol–water partition coefficient (Wildman–Crippen LogP) is 2.69. The summed E-state index contributed by atoms with van der Waals surface area (Å²) in [6.07, 6.45) is 2.47. The fourth-order valence-corrected chi connectivity index (χ4v) is 3.42. The van der Waals surface area contributed by atoms with Crippen molar-refractivity contribution < 1.29 is 14.2 Å². The summed E-state index contributed by atoms with van der Waals surface area (Å²) in [4.78, 5) is 2.46. The van der Waals surface area contributed by atoms with Crippen LogP contribution in [0, 0.1) is 5.92 Å². The van der Waals surface area contributed by atoms with E-state index in [-0.39, 0.29) is 12.4 Å². The molecule has 1 heterocycles. The van der Waals surface area contributed by atoms with Gasteiger partial charge in [0, 0.05) is 24.7 Å². The molecule has 0 aromatic heterocycles. The first-order chi connectivity index (χ1) is 10.7. The second kappa shape index (κ2) is 9.21. The first-order valence-corrected chi connectivity index (χ1v) is 7.88. The molecule has 2 N–H and O–H groups in total. The Morgan fingerprint density at radius 3 is 2.39 bits per heavy atom. The van der Waals surface area contributed by atoms with Crippen molar-refractivity contribution >= 4 is 12.4 Å². The summed E-state index contributed by atoms with van der Waals surface area (Å²) in [5.74, 6) is 2.71. The highest BCUT2D eigenvalue weighted by atomic mass is 35.5. The van der Waals surface area contributed by atoms with E-state index in [1.165, 1.54) is 12.8 Å². The Labute approximate surface area is 145 Å². The van der Waals surface area contributed by atoms with Gasteiger partial charge in [0.2, 0.25) is 5.75 Å². The molecule has 2 rings (SSSR count). The van der Waals surface area contributed by atoms with E-state index in [1.54, 1.807) is 21.3 Å². The summed E-state index contributed by atoms with van der Waals surface area (Å²) in [5, 5.41) is 0. The number of likely N-dealkylation sites (tertiary alicyclic amines) is 1. The molecule has 6 heteroatoms. The highest BCUT2D eigenvalue weighted by Gasteiger charge is 2.28. The average molecular weight is 345 g/mol. The highest BCUT2D eigenvalue weighted by molar-refractivity contribution is 5.85. The maximum absolute atomic E-state index is 5.99. The molecule has 2 unspecified atom stereocenters. The summed E-state index contributed by atoms with van der Waals surface area (Å²) >= 11 is 0. The van der Waals surface area contributed by atoms with Gasteiger partial charge in [0.25, 0.3) is 0 Å². The zero-order valence-electron chi connectivity index (χ0n) is 14.5. The number of methoxy groups -OCH3 is 3. The van der Waals surface area contributed by atoms with E-state index in [2.05, 4.69) is 11.8 Å². The lowest BCUT2D eigenvalue weighted by molar-refractivity contribution is 0.0980. The van der Waals surface area contributed by atoms with E-state index in [1.807, 2.05) is 12.1 Å². The predicted molar refractivity (Wildman–Crippen MR) is 95.0 cm³/mol. The third-order valence-electron chi connectivity index (χ3n) is 4.63. The van der Waals surface area contributed by atoms with Crippen LogP contribution < -0.4 is 19.9 Å². The molecule has 0 amide bonds. The number of nitrogens with zero attached hydrogens (tertiary/aromatic N) is 1. The standard InChI is InChI=1S/C17H28N2O3.ClH/c1-12-6-5-9-19(14(12)10-18)11-13-7-8-15(20-2)17(22-4)16(13)21-3;/h7-8,12,14H,5-6,9-11,18H2,1-4H3;1H. The van der Waals surface area contributed by atoms with Crippen LogP contribution in [0.5, 0.6) is 17.2 Å². The first kappa shape index (κ1) is 19.9. The number of hydrogen-bond acceptors (Lipinski definition) is 5. The van der Waals surface area contributed by atoms with Crippen molar-refractivity contribution in [1.82, 2.24) is 4.90 Å². The van der Waals surface area contributed by atoms with Crippen molar-refractivity contribution in [1.29, 1.82) is 0 Å². The number of ether oxygens (including phenoxy) is 3. The largest absolute Gasteiger partial charge is 0.493 e. The Bertz CT molecular complexity index is 499. The number of hydrogen-bond donors (Lipinski definition) is 1. The van der Waals surface area contributed by atoms with Gasteiger partial charge in [-0.05, 0) is 31.4 Å². The van der Waals surface area contributed by atoms with Gasteiger partial charge < -0.3 is 19.9 Å².